The van der Waals surface area contributed by atoms with E-state index >= 15 is 0 Å². The van der Waals surface area contributed by atoms with Crippen molar-refractivity contribution in [1.29, 1.82) is 0 Å². The summed E-state index contributed by atoms with van der Waals surface area (Å²) >= 11 is 2.07. The van der Waals surface area contributed by atoms with Crippen LogP contribution in [0.4, 0.5) is 0 Å². The summed E-state index contributed by atoms with van der Waals surface area (Å²) in [4.78, 5) is 1.43. The average molecular weight is 289 g/mol. The highest BCUT2D eigenvalue weighted by Gasteiger charge is 2.14. The molecule has 1 aromatic rings. The molecule has 0 unspecified atom stereocenters. The van der Waals surface area contributed by atoms with Gasteiger partial charge in [0, 0.05) is 16.7 Å². The fraction of sp³-hybridized carbons (Fsp3) is 0.556. The molecular weight excluding hydrogens is 262 g/mol. The summed E-state index contributed by atoms with van der Waals surface area (Å²) in [6.45, 7) is 6.32. The van der Waals surface area contributed by atoms with Crippen LogP contribution in [-0.4, -0.2) is 18.3 Å². The minimum atomic E-state index is 0.847. The Hall–Kier alpha value is -0.730. The second-order valence-electron chi connectivity index (χ2n) is 5.60. The smallest absolute Gasteiger partial charge is 0.0140 e. The standard InChI is InChI=1S/C18H27NS/c1-3-19-14-13-15(2)16-9-11-18(12-10-16)20-17-7-5-4-6-8-17/h9-13,17,19H,3-8,14H2,1-2H3. The second kappa shape index (κ2) is 8.53. The van der Waals surface area contributed by atoms with Gasteiger partial charge in [-0.05, 0) is 49.6 Å². The minimum absolute atomic E-state index is 0.847. The lowest BCUT2D eigenvalue weighted by Gasteiger charge is -2.21. The van der Waals surface area contributed by atoms with Crippen LogP contribution in [-0.2, 0) is 0 Å². The van der Waals surface area contributed by atoms with Crippen LogP contribution in [0.3, 0.4) is 0 Å². The van der Waals surface area contributed by atoms with Crippen LogP contribution in [0.2, 0.25) is 0 Å². The normalized spacial score (nSPS) is 17.4. The van der Waals surface area contributed by atoms with E-state index in [9.17, 15) is 0 Å². The molecule has 0 bridgehead atoms. The van der Waals surface area contributed by atoms with Gasteiger partial charge < -0.3 is 5.32 Å². The predicted molar refractivity (Wildman–Crippen MR) is 91.4 cm³/mol. The van der Waals surface area contributed by atoms with Gasteiger partial charge >= 0.3 is 0 Å². The highest BCUT2D eigenvalue weighted by Crippen LogP contribution is 2.33. The lowest BCUT2D eigenvalue weighted by atomic mass is 10.0. The van der Waals surface area contributed by atoms with E-state index in [1.807, 2.05) is 0 Å². The van der Waals surface area contributed by atoms with Gasteiger partial charge in [0.05, 0.1) is 0 Å². The lowest BCUT2D eigenvalue weighted by molar-refractivity contribution is 0.516. The predicted octanol–water partition coefficient (Wildman–Crippen LogP) is 5.12. The van der Waals surface area contributed by atoms with Crippen molar-refractivity contribution in [2.45, 2.75) is 56.1 Å². The van der Waals surface area contributed by atoms with E-state index in [1.165, 1.54) is 48.1 Å². The van der Waals surface area contributed by atoms with Crippen molar-refractivity contribution in [3.8, 4) is 0 Å². The molecule has 1 aromatic carbocycles. The van der Waals surface area contributed by atoms with E-state index in [0.29, 0.717) is 0 Å². The van der Waals surface area contributed by atoms with Crippen molar-refractivity contribution in [2.24, 2.45) is 0 Å². The number of hydrogen-bond donors (Lipinski definition) is 1. The number of allylic oxidation sites excluding steroid dienone is 1. The zero-order valence-electron chi connectivity index (χ0n) is 12.8. The third-order valence-corrected chi connectivity index (χ3v) is 5.32. The van der Waals surface area contributed by atoms with E-state index < -0.39 is 0 Å². The van der Waals surface area contributed by atoms with Crippen LogP contribution in [0.25, 0.3) is 5.57 Å². The molecule has 1 nitrogen and oxygen atoms in total. The van der Waals surface area contributed by atoms with Crippen LogP contribution in [0.1, 0.15) is 51.5 Å². The maximum Gasteiger partial charge on any atom is 0.0140 e. The second-order valence-corrected chi connectivity index (χ2v) is 6.97. The summed E-state index contributed by atoms with van der Waals surface area (Å²) in [5.41, 5.74) is 2.70. The van der Waals surface area contributed by atoms with Crippen molar-refractivity contribution in [2.75, 3.05) is 13.1 Å². The Morgan fingerprint density at radius 3 is 2.55 bits per heavy atom. The van der Waals surface area contributed by atoms with Crippen LogP contribution >= 0.6 is 11.8 Å². The van der Waals surface area contributed by atoms with Gasteiger partial charge in [0.2, 0.25) is 0 Å². The molecule has 0 aromatic heterocycles. The molecule has 2 heteroatoms. The fourth-order valence-electron chi connectivity index (χ4n) is 2.66. The quantitative estimate of drug-likeness (QED) is 0.729. The van der Waals surface area contributed by atoms with Crippen molar-refractivity contribution in [1.82, 2.24) is 5.32 Å². The number of thioether (sulfide) groups is 1. The number of benzene rings is 1. The SMILES string of the molecule is CCNCC=C(C)c1ccc(SC2CCCCC2)cc1. The lowest BCUT2D eigenvalue weighted by Crippen LogP contribution is -2.11. The van der Waals surface area contributed by atoms with Gasteiger partial charge in [-0.3, -0.25) is 0 Å². The van der Waals surface area contributed by atoms with Gasteiger partial charge in [-0.2, -0.15) is 0 Å². The van der Waals surface area contributed by atoms with E-state index in [4.69, 9.17) is 0 Å². The summed E-state index contributed by atoms with van der Waals surface area (Å²) in [5.74, 6) is 0. The summed E-state index contributed by atoms with van der Waals surface area (Å²) in [6.07, 6.45) is 9.34. The molecule has 0 saturated heterocycles. The number of likely N-dealkylation sites (N-methyl/N-ethyl adjacent to an activating group) is 1. The van der Waals surface area contributed by atoms with E-state index in [0.717, 1.165) is 18.3 Å². The monoisotopic (exact) mass is 289 g/mol. The molecule has 0 radical (unpaired) electrons. The molecule has 0 atom stereocenters. The maximum atomic E-state index is 3.33. The molecule has 0 aliphatic heterocycles. The van der Waals surface area contributed by atoms with Gasteiger partial charge in [-0.15, -0.1) is 11.8 Å². The summed E-state index contributed by atoms with van der Waals surface area (Å²) < 4.78 is 0. The zero-order chi connectivity index (χ0) is 14.2. The molecule has 110 valence electrons. The van der Waals surface area contributed by atoms with Gasteiger partial charge in [-0.1, -0.05) is 44.4 Å². The highest BCUT2D eigenvalue weighted by molar-refractivity contribution is 8.00. The van der Waals surface area contributed by atoms with Crippen LogP contribution < -0.4 is 5.32 Å². The fourth-order valence-corrected chi connectivity index (χ4v) is 3.91. The van der Waals surface area contributed by atoms with Gasteiger partial charge in [0.25, 0.3) is 0 Å². The van der Waals surface area contributed by atoms with Gasteiger partial charge in [-0.25, -0.2) is 0 Å². The first kappa shape index (κ1) is 15.7. The number of hydrogen-bond acceptors (Lipinski definition) is 2. The highest BCUT2D eigenvalue weighted by atomic mass is 32.2. The Morgan fingerprint density at radius 2 is 1.90 bits per heavy atom. The Morgan fingerprint density at radius 1 is 1.20 bits per heavy atom. The maximum absolute atomic E-state index is 3.33. The van der Waals surface area contributed by atoms with Crippen molar-refractivity contribution >= 4 is 17.3 Å². The molecule has 20 heavy (non-hydrogen) atoms. The molecule has 2 rings (SSSR count). The van der Waals surface area contributed by atoms with Crippen LogP contribution in [0, 0.1) is 0 Å². The molecule has 1 fully saturated rings. The molecule has 0 heterocycles. The summed E-state index contributed by atoms with van der Waals surface area (Å²) in [5, 5.41) is 4.18. The van der Waals surface area contributed by atoms with Crippen LogP contribution in [0.15, 0.2) is 35.2 Å². The number of rotatable bonds is 6. The van der Waals surface area contributed by atoms with E-state index in [-0.39, 0.29) is 0 Å². The Kier molecular flexibility index (Phi) is 6.68. The third-order valence-electron chi connectivity index (χ3n) is 3.97. The molecule has 1 aliphatic rings. The first-order chi connectivity index (χ1) is 9.79. The average Bonchev–Trinajstić information content (AvgIpc) is 2.49. The zero-order valence-corrected chi connectivity index (χ0v) is 13.6. The van der Waals surface area contributed by atoms with E-state index in [1.54, 1.807) is 0 Å². The molecular formula is C18H27NS. The van der Waals surface area contributed by atoms with Gasteiger partial charge in [0.15, 0.2) is 0 Å². The summed E-state index contributed by atoms with van der Waals surface area (Å²) in [7, 11) is 0. The molecule has 1 aliphatic carbocycles. The molecule has 1 N–H and O–H groups in total. The van der Waals surface area contributed by atoms with Crippen LogP contribution in [0.5, 0.6) is 0 Å². The Balaban J connectivity index is 1.90. The number of nitrogens with one attached hydrogen (secondary N) is 1. The first-order valence-corrected chi connectivity index (χ1v) is 8.82. The van der Waals surface area contributed by atoms with Crippen molar-refractivity contribution in [3.63, 3.8) is 0 Å². The van der Waals surface area contributed by atoms with Gasteiger partial charge in [0.1, 0.15) is 0 Å². The molecule has 0 spiro atoms. The third kappa shape index (κ3) is 4.99. The first-order valence-electron chi connectivity index (χ1n) is 7.94. The molecule has 1 saturated carbocycles. The van der Waals surface area contributed by atoms with E-state index in [2.05, 4.69) is 61.3 Å². The molecule has 0 amide bonds. The Bertz CT molecular complexity index is 416. The summed E-state index contributed by atoms with van der Waals surface area (Å²) in [6, 6.07) is 9.12. The largest absolute Gasteiger partial charge is 0.314 e. The minimum Gasteiger partial charge on any atom is -0.314 e. The Labute approximate surface area is 128 Å². The van der Waals surface area contributed by atoms with Crippen molar-refractivity contribution in [3.05, 3.63) is 35.9 Å². The topological polar surface area (TPSA) is 12.0 Å². The van der Waals surface area contributed by atoms with Crippen molar-refractivity contribution < 1.29 is 0 Å².